The molecule has 0 radical (unpaired) electrons. The van der Waals surface area contributed by atoms with Gasteiger partial charge in [0, 0.05) is 0 Å². The summed E-state index contributed by atoms with van der Waals surface area (Å²) in [5.41, 5.74) is 2.62. The molecule has 0 bridgehead atoms. The SMILES string of the molecule is CCNC(c1ccc(C(C)C)cc1)c1ccc(C)o1. The van der Waals surface area contributed by atoms with Crippen molar-refractivity contribution in [1.29, 1.82) is 0 Å². The molecule has 19 heavy (non-hydrogen) atoms. The van der Waals surface area contributed by atoms with Gasteiger partial charge in [-0.05, 0) is 42.6 Å². The van der Waals surface area contributed by atoms with Crippen molar-refractivity contribution in [3.8, 4) is 0 Å². The third-order valence-corrected chi connectivity index (χ3v) is 3.39. The van der Waals surface area contributed by atoms with E-state index in [4.69, 9.17) is 4.42 Å². The van der Waals surface area contributed by atoms with Crippen LogP contribution in [0.2, 0.25) is 0 Å². The number of furan rings is 1. The van der Waals surface area contributed by atoms with Crippen LogP contribution in [0.15, 0.2) is 40.8 Å². The Bertz CT molecular complexity index is 510. The van der Waals surface area contributed by atoms with Crippen LogP contribution in [0.3, 0.4) is 0 Å². The number of hydrogen-bond donors (Lipinski definition) is 1. The Hall–Kier alpha value is -1.54. The van der Waals surface area contributed by atoms with Crippen molar-refractivity contribution in [3.05, 3.63) is 59.0 Å². The third-order valence-electron chi connectivity index (χ3n) is 3.39. The van der Waals surface area contributed by atoms with Gasteiger partial charge in [-0.1, -0.05) is 45.0 Å². The van der Waals surface area contributed by atoms with Crippen LogP contribution in [-0.4, -0.2) is 6.54 Å². The summed E-state index contributed by atoms with van der Waals surface area (Å²) in [5, 5.41) is 3.48. The number of hydrogen-bond acceptors (Lipinski definition) is 2. The minimum Gasteiger partial charge on any atom is -0.464 e. The van der Waals surface area contributed by atoms with Crippen molar-refractivity contribution in [2.45, 2.75) is 39.7 Å². The molecular formula is C17H23NO. The van der Waals surface area contributed by atoms with Crippen LogP contribution < -0.4 is 5.32 Å². The van der Waals surface area contributed by atoms with Gasteiger partial charge in [-0.15, -0.1) is 0 Å². The van der Waals surface area contributed by atoms with E-state index in [-0.39, 0.29) is 6.04 Å². The fourth-order valence-corrected chi connectivity index (χ4v) is 2.27. The Labute approximate surface area is 115 Å². The van der Waals surface area contributed by atoms with E-state index in [0.717, 1.165) is 18.1 Å². The van der Waals surface area contributed by atoms with Crippen LogP contribution in [0.4, 0.5) is 0 Å². The number of nitrogens with one attached hydrogen (secondary N) is 1. The van der Waals surface area contributed by atoms with E-state index < -0.39 is 0 Å². The molecule has 2 heteroatoms. The summed E-state index contributed by atoms with van der Waals surface area (Å²) in [6.07, 6.45) is 0. The lowest BCUT2D eigenvalue weighted by molar-refractivity contribution is 0.435. The van der Waals surface area contributed by atoms with Gasteiger partial charge in [0.25, 0.3) is 0 Å². The average Bonchev–Trinajstić information content (AvgIpc) is 2.82. The van der Waals surface area contributed by atoms with E-state index in [1.165, 1.54) is 11.1 Å². The zero-order valence-electron chi connectivity index (χ0n) is 12.2. The topological polar surface area (TPSA) is 25.2 Å². The second kappa shape index (κ2) is 6.07. The van der Waals surface area contributed by atoms with Gasteiger partial charge in [-0.2, -0.15) is 0 Å². The average molecular weight is 257 g/mol. The molecule has 0 aliphatic heterocycles. The molecule has 2 nitrogen and oxygen atoms in total. The molecule has 0 saturated heterocycles. The fraction of sp³-hybridized carbons (Fsp3) is 0.412. The highest BCUT2D eigenvalue weighted by molar-refractivity contribution is 5.31. The van der Waals surface area contributed by atoms with Crippen LogP contribution in [-0.2, 0) is 0 Å². The minimum atomic E-state index is 0.139. The molecule has 1 N–H and O–H groups in total. The second-order valence-electron chi connectivity index (χ2n) is 5.26. The van der Waals surface area contributed by atoms with Gasteiger partial charge in [-0.25, -0.2) is 0 Å². The summed E-state index contributed by atoms with van der Waals surface area (Å²) in [4.78, 5) is 0. The highest BCUT2D eigenvalue weighted by Gasteiger charge is 2.16. The normalized spacial score (nSPS) is 12.9. The van der Waals surface area contributed by atoms with Crippen molar-refractivity contribution in [1.82, 2.24) is 5.32 Å². The summed E-state index contributed by atoms with van der Waals surface area (Å²) >= 11 is 0. The van der Waals surface area contributed by atoms with Gasteiger partial charge in [0.2, 0.25) is 0 Å². The van der Waals surface area contributed by atoms with E-state index in [1.54, 1.807) is 0 Å². The number of rotatable bonds is 5. The molecule has 1 aromatic carbocycles. The van der Waals surface area contributed by atoms with Gasteiger partial charge in [0.15, 0.2) is 0 Å². The van der Waals surface area contributed by atoms with Crippen LogP contribution in [0.5, 0.6) is 0 Å². The van der Waals surface area contributed by atoms with Crippen LogP contribution in [0, 0.1) is 6.92 Å². The Morgan fingerprint density at radius 2 is 1.63 bits per heavy atom. The third kappa shape index (κ3) is 3.27. The summed E-state index contributed by atoms with van der Waals surface area (Å²) in [6, 6.07) is 13.0. The van der Waals surface area contributed by atoms with Gasteiger partial charge >= 0.3 is 0 Å². The first-order chi connectivity index (χ1) is 9.11. The van der Waals surface area contributed by atoms with Crippen LogP contribution in [0.25, 0.3) is 0 Å². The lowest BCUT2D eigenvalue weighted by atomic mass is 9.98. The Morgan fingerprint density at radius 1 is 1.00 bits per heavy atom. The van der Waals surface area contributed by atoms with Crippen LogP contribution in [0.1, 0.15) is 55.4 Å². The monoisotopic (exact) mass is 257 g/mol. The van der Waals surface area contributed by atoms with Gasteiger partial charge in [0.1, 0.15) is 11.5 Å². The van der Waals surface area contributed by atoms with E-state index in [2.05, 4.69) is 56.4 Å². The number of benzene rings is 1. The summed E-state index contributed by atoms with van der Waals surface area (Å²) in [7, 11) is 0. The quantitative estimate of drug-likeness (QED) is 0.858. The highest BCUT2D eigenvalue weighted by Crippen LogP contribution is 2.25. The molecule has 0 aliphatic carbocycles. The molecule has 2 aromatic rings. The molecule has 2 rings (SSSR count). The summed E-state index contributed by atoms with van der Waals surface area (Å²) in [6.45, 7) is 9.44. The summed E-state index contributed by atoms with van der Waals surface area (Å²) < 4.78 is 5.77. The number of aryl methyl sites for hydroxylation is 1. The second-order valence-corrected chi connectivity index (χ2v) is 5.26. The maximum absolute atomic E-state index is 5.77. The van der Waals surface area contributed by atoms with Gasteiger partial charge < -0.3 is 9.73 Å². The van der Waals surface area contributed by atoms with Crippen molar-refractivity contribution < 1.29 is 4.42 Å². The van der Waals surface area contributed by atoms with Crippen molar-refractivity contribution >= 4 is 0 Å². The molecule has 1 atom stereocenters. The molecule has 0 fully saturated rings. The van der Waals surface area contributed by atoms with Crippen molar-refractivity contribution in [2.24, 2.45) is 0 Å². The maximum Gasteiger partial charge on any atom is 0.125 e. The van der Waals surface area contributed by atoms with Crippen molar-refractivity contribution in [3.63, 3.8) is 0 Å². The molecule has 1 aromatic heterocycles. The lowest BCUT2D eigenvalue weighted by Gasteiger charge is -2.17. The molecule has 1 unspecified atom stereocenters. The Balaban J connectivity index is 2.28. The van der Waals surface area contributed by atoms with Gasteiger partial charge in [-0.3, -0.25) is 0 Å². The Morgan fingerprint density at radius 3 is 2.11 bits per heavy atom. The molecule has 0 amide bonds. The molecular weight excluding hydrogens is 234 g/mol. The maximum atomic E-state index is 5.77. The minimum absolute atomic E-state index is 0.139. The standard InChI is InChI=1S/C17H23NO/c1-5-18-17(16-11-6-13(4)19-16)15-9-7-14(8-10-15)12(2)3/h6-12,17-18H,5H2,1-4H3. The Kier molecular flexibility index (Phi) is 4.43. The zero-order valence-corrected chi connectivity index (χ0v) is 12.2. The van der Waals surface area contributed by atoms with Crippen LogP contribution >= 0.6 is 0 Å². The molecule has 0 spiro atoms. The van der Waals surface area contributed by atoms with E-state index >= 15 is 0 Å². The molecule has 1 heterocycles. The first kappa shape index (κ1) is 13.9. The van der Waals surface area contributed by atoms with E-state index in [1.807, 2.05) is 13.0 Å². The largest absolute Gasteiger partial charge is 0.464 e. The van der Waals surface area contributed by atoms with Gasteiger partial charge in [0.05, 0.1) is 6.04 Å². The summed E-state index contributed by atoms with van der Waals surface area (Å²) in [5.74, 6) is 2.51. The van der Waals surface area contributed by atoms with E-state index in [0.29, 0.717) is 5.92 Å². The lowest BCUT2D eigenvalue weighted by Crippen LogP contribution is -2.21. The van der Waals surface area contributed by atoms with Crippen molar-refractivity contribution in [2.75, 3.05) is 6.54 Å². The zero-order chi connectivity index (χ0) is 13.8. The van der Waals surface area contributed by atoms with E-state index in [9.17, 15) is 0 Å². The first-order valence-corrected chi connectivity index (χ1v) is 7.01. The molecule has 0 saturated carbocycles. The molecule has 0 aliphatic rings. The fourth-order valence-electron chi connectivity index (χ4n) is 2.27. The smallest absolute Gasteiger partial charge is 0.125 e. The predicted octanol–water partition coefficient (Wildman–Crippen LogP) is 4.41. The first-order valence-electron chi connectivity index (χ1n) is 7.01. The predicted molar refractivity (Wildman–Crippen MR) is 79.5 cm³/mol. The molecule has 102 valence electrons. The highest BCUT2D eigenvalue weighted by atomic mass is 16.3.